The van der Waals surface area contributed by atoms with Crippen molar-refractivity contribution in [3.8, 4) is 0 Å². The van der Waals surface area contributed by atoms with Crippen molar-refractivity contribution >= 4 is 17.4 Å². The number of carbonyl (C=O) groups excluding carboxylic acids is 1. The molecule has 0 radical (unpaired) electrons. The summed E-state index contributed by atoms with van der Waals surface area (Å²) in [5.74, 6) is 0. The molecule has 2 amide bonds. The predicted octanol–water partition coefficient (Wildman–Crippen LogP) is 3.47. The number of benzene rings is 2. The van der Waals surface area contributed by atoms with E-state index in [4.69, 9.17) is 0 Å². The minimum atomic E-state index is -0.373. The van der Waals surface area contributed by atoms with Crippen molar-refractivity contribution in [3.63, 3.8) is 0 Å². The summed E-state index contributed by atoms with van der Waals surface area (Å²) in [5, 5.41) is 16.3. The maximum absolute atomic E-state index is 12.4. The Balaban J connectivity index is 1.58. The van der Waals surface area contributed by atoms with Crippen LogP contribution >= 0.6 is 0 Å². The van der Waals surface area contributed by atoms with Crippen molar-refractivity contribution in [2.75, 3.05) is 30.3 Å². The highest BCUT2D eigenvalue weighted by Gasteiger charge is 2.35. The fourth-order valence-electron chi connectivity index (χ4n) is 3.13. The van der Waals surface area contributed by atoms with Gasteiger partial charge in [0.1, 0.15) is 0 Å². The molecule has 132 valence electrons. The number of piperidine rings is 1. The summed E-state index contributed by atoms with van der Waals surface area (Å²) in [4.78, 5) is 14.2. The number of aliphatic hydroxyl groups is 1. The summed E-state index contributed by atoms with van der Waals surface area (Å²) in [7, 11) is 0. The quantitative estimate of drug-likeness (QED) is 0.799. The summed E-state index contributed by atoms with van der Waals surface area (Å²) in [6, 6.07) is 17.6. The minimum Gasteiger partial charge on any atom is -0.394 e. The molecule has 0 unspecified atom stereocenters. The van der Waals surface area contributed by atoms with Crippen LogP contribution in [0.3, 0.4) is 0 Å². The Bertz CT molecular complexity index is 693. The van der Waals surface area contributed by atoms with Gasteiger partial charge in [0, 0.05) is 24.5 Å². The first-order valence-corrected chi connectivity index (χ1v) is 8.67. The number of hydrogen-bond acceptors (Lipinski definition) is 3. The van der Waals surface area contributed by atoms with Crippen LogP contribution in [0.15, 0.2) is 54.6 Å². The molecule has 3 rings (SSSR count). The Morgan fingerprint density at radius 1 is 1.04 bits per heavy atom. The molecule has 5 nitrogen and oxygen atoms in total. The van der Waals surface area contributed by atoms with E-state index in [0.717, 1.165) is 16.9 Å². The van der Waals surface area contributed by atoms with Crippen LogP contribution in [0.2, 0.25) is 0 Å². The van der Waals surface area contributed by atoms with Crippen LogP contribution in [-0.4, -0.2) is 41.3 Å². The molecule has 0 aromatic heterocycles. The lowest BCUT2D eigenvalue weighted by Gasteiger charge is -2.41. The van der Waals surface area contributed by atoms with Gasteiger partial charge in [0.15, 0.2) is 0 Å². The number of aryl methyl sites for hydroxylation is 1. The highest BCUT2D eigenvalue weighted by atomic mass is 16.3. The Kier molecular flexibility index (Phi) is 5.24. The molecule has 0 bridgehead atoms. The van der Waals surface area contributed by atoms with Crippen LogP contribution < -0.4 is 10.6 Å². The van der Waals surface area contributed by atoms with Crippen LogP contribution in [0.4, 0.5) is 16.2 Å². The maximum atomic E-state index is 12.4. The van der Waals surface area contributed by atoms with Gasteiger partial charge in [-0.2, -0.15) is 0 Å². The third-order valence-corrected chi connectivity index (χ3v) is 4.80. The molecular weight excluding hydrogens is 314 g/mol. The lowest BCUT2D eigenvalue weighted by molar-refractivity contribution is 0.132. The highest BCUT2D eigenvalue weighted by Crippen LogP contribution is 2.27. The molecule has 1 saturated heterocycles. The van der Waals surface area contributed by atoms with Crippen molar-refractivity contribution in [3.05, 3.63) is 60.2 Å². The normalized spacial score (nSPS) is 16.3. The first kappa shape index (κ1) is 17.3. The van der Waals surface area contributed by atoms with Crippen LogP contribution in [-0.2, 0) is 0 Å². The molecule has 0 spiro atoms. The van der Waals surface area contributed by atoms with Crippen molar-refractivity contribution in [1.82, 2.24) is 4.90 Å². The van der Waals surface area contributed by atoms with E-state index in [1.165, 1.54) is 0 Å². The first-order valence-electron chi connectivity index (χ1n) is 8.67. The van der Waals surface area contributed by atoms with E-state index in [9.17, 15) is 9.90 Å². The lowest BCUT2D eigenvalue weighted by atomic mass is 9.88. The number of aliphatic hydroxyl groups excluding tert-OH is 1. The molecular formula is C20H25N3O2. The molecule has 0 saturated carbocycles. The van der Waals surface area contributed by atoms with E-state index >= 15 is 0 Å². The standard InChI is InChI=1S/C20H25N3O2/c1-16-7-9-17(10-8-16)21-19(25)23-13-11-20(15-24,12-14-23)22-18-5-3-2-4-6-18/h2-10,22,24H,11-15H2,1H3,(H,21,25). The van der Waals surface area contributed by atoms with Gasteiger partial charge in [-0.25, -0.2) is 4.79 Å². The van der Waals surface area contributed by atoms with Crippen molar-refractivity contribution < 1.29 is 9.90 Å². The van der Waals surface area contributed by atoms with Gasteiger partial charge in [-0.3, -0.25) is 0 Å². The fraction of sp³-hybridized carbons (Fsp3) is 0.350. The summed E-state index contributed by atoms with van der Waals surface area (Å²) in [5.41, 5.74) is 2.59. The second kappa shape index (κ2) is 7.57. The van der Waals surface area contributed by atoms with Gasteiger partial charge >= 0.3 is 6.03 Å². The lowest BCUT2D eigenvalue weighted by Crippen LogP contribution is -2.53. The zero-order valence-electron chi connectivity index (χ0n) is 14.5. The smallest absolute Gasteiger partial charge is 0.321 e. The zero-order valence-corrected chi connectivity index (χ0v) is 14.5. The molecule has 25 heavy (non-hydrogen) atoms. The average Bonchev–Trinajstić information content (AvgIpc) is 2.65. The molecule has 5 heteroatoms. The van der Waals surface area contributed by atoms with Gasteiger partial charge in [-0.05, 0) is 44.0 Å². The zero-order chi connectivity index (χ0) is 17.7. The number of nitrogens with one attached hydrogen (secondary N) is 2. The Morgan fingerprint density at radius 3 is 2.28 bits per heavy atom. The number of nitrogens with zero attached hydrogens (tertiary/aromatic N) is 1. The number of carbonyl (C=O) groups is 1. The molecule has 1 aliphatic rings. The summed E-state index contributed by atoms with van der Waals surface area (Å²) in [6.45, 7) is 3.29. The van der Waals surface area contributed by atoms with Crippen molar-refractivity contribution in [2.45, 2.75) is 25.3 Å². The maximum Gasteiger partial charge on any atom is 0.321 e. The monoisotopic (exact) mass is 339 g/mol. The number of anilines is 2. The van der Waals surface area contributed by atoms with E-state index in [2.05, 4.69) is 10.6 Å². The van der Waals surface area contributed by atoms with Gasteiger partial charge in [-0.1, -0.05) is 35.9 Å². The number of likely N-dealkylation sites (tertiary alicyclic amines) is 1. The van der Waals surface area contributed by atoms with Gasteiger partial charge < -0.3 is 20.6 Å². The van der Waals surface area contributed by atoms with Crippen molar-refractivity contribution in [1.29, 1.82) is 0 Å². The Morgan fingerprint density at radius 2 is 1.68 bits per heavy atom. The molecule has 1 heterocycles. The van der Waals surface area contributed by atoms with E-state index < -0.39 is 0 Å². The van der Waals surface area contributed by atoms with Gasteiger partial charge in [0.25, 0.3) is 0 Å². The van der Waals surface area contributed by atoms with Crippen LogP contribution in [0.5, 0.6) is 0 Å². The Hall–Kier alpha value is -2.53. The molecule has 1 aliphatic heterocycles. The molecule has 2 aromatic carbocycles. The SMILES string of the molecule is Cc1ccc(NC(=O)N2CCC(CO)(Nc3ccccc3)CC2)cc1. The topological polar surface area (TPSA) is 64.6 Å². The molecule has 0 aliphatic carbocycles. The van der Waals surface area contributed by atoms with Gasteiger partial charge in [-0.15, -0.1) is 0 Å². The van der Waals surface area contributed by atoms with E-state index in [1.54, 1.807) is 4.90 Å². The van der Waals surface area contributed by atoms with E-state index in [-0.39, 0.29) is 18.2 Å². The molecule has 1 fully saturated rings. The molecule has 2 aromatic rings. The summed E-state index contributed by atoms with van der Waals surface area (Å²) in [6.07, 6.45) is 1.42. The highest BCUT2D eigenvalue weighted by molar-refractivity contribution is 5.89. The average molecular weight is 339 g/mol. The van der Waals surface area contributed by atoms with E-state index in [1.807, 2.05) is 61.5 Å². The minimum absolute atomic E-state index is 0.0509. The fourth-order valence-corrected chi connectivity index (χ4v) is 3.13. The van der Waals surface area contributed by atoms with E-state index in [0.29, 0.717) is 25.9 Å². The van der Waals surface area contributed by atoms with Gasteiger partial charge in [0.05, 0.1) is 12.1 Å². The number of para-hydroxylation sites is 1. The third kappa shape index (κ3) is 4.31. The summed E-state index contributed by atoms with van der Waals surface area (Å²) < 4.78 is 0. The number of rotatable bonds is 4. The number of amides is 2. The van der Waals surface area contributed by atoms with Gasteiger partial charge in [0.2, 0.25) is 0 Å². The molecule has 0 atom stereocenters. The molecule has 3 N–H and O–H groups in total. The first-order chi connectivity index (χ1) is 12.1. The summed E-state index contributed by atoms with van der Waals surface area (Å²) >= 11 is 0. The second-order valence-corrected chi connectivity index (χ2v) is 6.71. The van der Waals surface area contributed by atoms with Crippen molar-refractivity contribution in [2.24, 2.45) is 0 Å². The van der Waals surface area contributed by atoms with Crippen LogP contribution in [0, 0.1) is 6.92 Å². The Labute approximate surface area is 148 Å². The largest absolute Gasteiger partial charge is 0.394 e. The second-order valence-electron chi connectivity index (χ2n) is 6.71. The van der Waals surface area contributed by atoms with Crippen LogP contribution in [0.1, 0.15) is 18.4 Å². The number of urea groups is 1. The van der Waals surface area contributed by atoms with Crippen LogP contribution in [0.25, 0.3) is 0 Å². The number of hydrogen-bond donors (Lipinski definition) is 3. The predicted molar refractivity (Wildman–Crippen MR) is 101 cm³/mol. The third-order valence-electron chi connectivity index (χ3n) is 4.80.